The smallest absolute Gasteiger partial charge is 0.387 e. The van der Waals surface area contributed by atoms with Crippen LogP contribution in [0, 0.1) is 0 Å². The number of nitrogens with one attached hydrogen (secondary N) is 1. The van der Waals surface area contributed by atoms with Crippen LogP contribution in [0.5, 0.6) is 5.75 Å². The first-order chi connectivity index (χ1) is 13.4. The summed E-state index contributed by atoms with van der Waals surface area (Å²) in [4.78, 5) is 26.0. The van der Waals surface area contributed by atoms with Crippen LogP contribution >= 0.6 is 0 Å². The molecule has 1 amide bonds. The molecule has 0 aliphatic heterocycles. The summed E-state index contributed by atoms with van der Waals surface area (Å²) in [6.45, 7) is -0.408. The minimum atomic E-state index is -2.87. The minimum Gasteiger partial charge on any atom is -0.462 e. The predicted octanol–water partition coefficient (Wildman–Crippen LogP) is 3.54. The number of carbonyl (C=O) groups excluding carboxylic acids is 2. The highest BCUT2D eigenvalue weighted by Gasteiger charge is 2.15. The quantitative estimate of drug-likeness (QED) is 0.661. The van der Waals surface area contributed by atoms with Crippen LogP contribution < -0.4 is 10.1 Å². The molecule has 0 saturated heterocycles. The molecule has 2 aromatic rings. The lowest BCUT2D eigenvalue weighted by Gasteiger charge is -2.17. The van der Waals surface area contributed by atoms with Gasteiger partial charge in [0.1, 0.15) is 5.75 Å². The molecule has 0 aliphatic carbocycles. The number of esters is 1. The number of anilines is 1. The molecule has 0 saturated carbocycles. The maximum atomic E-state index is 12.3. The predicted molar refractivity (Wildman–Crippen MR) is 100 cm³/mol. The molecule has 0 heterocycles. The van der Waals surface area contributed by atoms with Gasteiger partial charge in [-0.3, -0.25) is 9.69 Å². The van der Waals surface area contributed by atoms with Gasteiger partial charge in [-0.05, 0) is 43.8 Å². The average Bonchev–Trinajstić information content (AvgIpc) is 2.63. The van der Waals surface area contributed by atoms with E-state index in [1.165, 1.54) is 12.1 Å². The standard InChI is InChI=1S/C20H22F2N2O4/c1-3-27-19(26)16-6-4-5-7-17(16)23-18(25)13-24(2)12-14-8-10-15(11-9-14)28-20(21)22/h4-11,20H,3,12-13H2,1-2H3,(H,23,25). The number of rotatable bonds is 9. The van der Waals surface area contributed by atoms with E-state index in [0.717, 1.165) is 5.56 Å². The van der Waals surface area contributed by atoms with E-state index in [1.807, 2.05) is 0 Å². The Morgan fingerprint density at radius 1 is 1.11 bits per heavy atom. The first-order valence-corrected chi connectivity index (χ1v) is 8.67. The SMILES string of the molecule is CCOC(=O)c1ccccc1NC(=O)CN(C)Cc1ccc(OC(F)F)cc1. The van der Waals surface area contributed by atoms with Gasteiger partial charge in [0, 0.05) is 6.54 Å². The fourth-order valence-corrected chi connectivity index (χ4v) is 2.56. The number of carbonyl (C=O) groups is 2. The van der Waals surface area contributed by atoms with Gasteiger partial charge in [-0.25, -0.2) is 4.79 Å². The van der Waals surface area contributed by atoms with Gasteiger partial charge in [0.25, 0.3) is 0 Å². The largest absolute Gasteiger partial charge is 0.462 e. The number of likely N-dealkylation sites (N-methyl/N-ethyl adjacent to an activating group) is 1. The normalized spacial score (nSPS) is 10.8. The topological polar surface area (TPSA) is 67.9 Å². The molecule has 2 aromatic carbocycles. The van der Waals surface area contributed by atoms with Gasteiger partial charge in [0.15, 0.2) is 0 Å². The Kier molecular flexibility index (Phi) is 7.88. The van der Waals surface area contributed by atoms with Crippen molar-refractivity contribution in [2.24, 2.45) is 0 Å². The van der Waals surface area contributed by atoms with Crippen LogP contribution in [0.15, 0.2) is 48.5 Å². The van der Waals surface area contributed by atoms with E-state index in [1.54, 1.807) is 55.3 Å². The molecule has 0 atom stereocenters. The minimum absolute atomic E-state index is 0.0758. The van der Waals surface area contributed by atoms with Crippen molar-refractivity contribution in [2.75, 3.05) is 25.5 Å². The lowest BCUT2D eigenvalue weighted by atomic mass is 10.1. The summed E-state index contributed by atoms with van der Waals surface area (Å²) in [7, 11) is 1.75. The Morgan fingerprint density at radius 3 is 2.43 bits per heavy atom. The summed E-state index contributed by atoms with van der Waals surface area (Å²) in [5.74, 6) is -0.718. The molecule has 0 aliphatic rings. The van der Waals surface area contributed by atoms with Crippen molar-refractivity contribution < 1.29 is 27.8 Å². The molecular formula is C20H22F2N2O4. The summed E-state index contributed by atoms with van der Waals surface area (Å²) in [6, 6.07) is 12.8. The van der Waals surface area contributed by atoms with Crippen molar-refractivity contribution in [3.8, 4) is 5.75 Å². The summed E-state index contributed by atoms with van der Waals surface area (Å²) in [5, 5.41) is 2.71. The zero-order chi connectivity index (χ0) is 20.5. The van der Waals surface area contributed by atoms with E-state index in [4.69, 9.17) is 4.74 Å². The van der Waals surface area contributed by atoms with Gasteiger partial charge >= 0.3 is 12.6 Å². The van der Waals surface area contributed by atoms with Gasteiger partial charge in [0.2, 0.25) is 5.91 Å². The molecule has 0 bridgehead atoms. The molecule has 0 fully saturated rings. The fourth-order valence-electron chi connectivity index (χ4n) is 2.56. The number of para-hydroxylation sites is 1. The van der Waals surface area contributed by atoms with E-state index >= 15 is 0 Å². The van der Waals surface area contributed by atoms with Crippen molar-refractivity contribution in [3.63, 3.8) is 0 Å². The second kappa shape index (κ2) is 10.4. The van der Waals surface area contributed by atoms with Gasteiger partial charge in [-0.15, -0.1) is 0 Å². The molecule has 0 radical (unpaired) electrons. The average molecular weight is 392 g/mol. The summed E-state index contributed by atoms with van der Waals surface area (Å²) < 4.78 is 33.6. The Labute approximate surface area is 162 Å². The van der Waals surface area contributed by atoms with E-state index in [2.05, 4.69) is 10.1 Å². The Morgan fingerprint density at radius 2 is 1.79 bits per heavy atom. The Bertz CT molecular complexity index is 797. The van der Waals surface area contributed by atoms with Crippen molar-refractivity contribution >= 4 is 17.6 Å². The molecule has 8 heteroatoms. The monoisotopic (exact) mass is 392 g/mol. The maximum absolute atomic E-state index is 12.3. The summed E-state index contributed by atoms with van der Waals surface area (Å²) >= 11 is 0. The molecule has 6 nitrogen and oxygen atoms in total. The molecular weight excluding hydrogens is 370 g/mol. The van der Waals surface area contributed by atoms with Crippen molar-refractivity contribution in [1.82, 2.24) is 4.90 Å². The Hall–Kier alpha value is -3.00. The van der Waals surface area contributed by atoms with Crippen LogP contribution in [0.2, 0.25) is 0 Å². The van der Waals surface area contributed by atoms with Crippen LogP contribution in [-0.2, 0) is 16.1 Å². The third kappa shape index (κ3) is 6.62. The Balaban J connectivity index is 1.92. The zero-order valence-electron chi connectivity index (χ0n) is 15.7. The highest BCUT2D eigenvalue weighted by atomic mass is 19.3. The molecule has 28 heavy (non-hydrogen) atoms. The van der Waals surface area contributed by atoms with E-state index in [-0.39, 0.29) is 30.4 Å². The lowest BCUT2D eigenvalue weighted by Crippen LogP contribution is -2.30. The fraction of sp³-hybridized carbons (Fsp3) is 0.300. The number of alkyl halides is 2. The first-order valence-electron chi connectivity index (χ1n) is 8.67. The highest BCUT2D eigenvalue weighted by Crippen LogP contribution is 2.17. The number of benzene rings is 2. The number of hydrogen-bond acceptors (Lipinski definition) is 5. The van der Waals surface area contributed by atoms with Crippen LogP contribution in [0.25, 0.3) is 0 Å². The van der Waals surface area contributed by atoms with Crippen molar-refractivity contribution in [2.45, 2.75) is 20.1 Å². The third-order valence-corrected chi connectivity index (χ3v) is 3.71. The maximum Gasteiger partial charge on any atom is 0.387 e. The highest BCUT2D eigenvalue weighted by molar-refractivity contribution is 6.01. The van der Waals surface area contributed by atoms with Crippen LogP contribution in [0.4, 0.5) is 14.5 Å². The lowest BCUT2D eigenvalue weighted by molar-refractivity contribution is -0.117. The van der Waals surface area contributed by atoms with Crippen molar-refractivity contribution in [3.05, 3.63) is 59.7 Å². The van der Waals surface area contributed by atoms with Gasteiger partial charge < -0.3 is 14.8 Å². The van der Waals surface area contributed by atoms with E-state index in [0.29, 0.717) is 12.2 Å². The molecule has 1 N–H and O–H groups in total. The van der Waals surface area contributed by atoms with Crippen LogP contribution in [-0.4, -0.2) is 43.6 Å². The van der Waals surface area contributed by atoms with Gasteiger partial charge in [0.05, 0.1) is 24.4 Å². The molecule has 0 aromatic heterocycles. The van der Waals surface area contributed by atoms with E-state index in [9.17, 15) is 18.4 Å². The molecule has 0 unspecified atom stereocenters. The number of halogens is 2. The van der Waals surface area contributed by atoms with E-state index < -0.39 is 12.6 Å². The van der Waals surface area contributed by atoms with Crippen LogP contribution in [0.1, 0.15) is 22.8 Å². The number of hydrogen-bond donors (Lipinski definition) is 1. The second-order valence-corrected chi connectivity index (χ2v) is 6.01. The van der Waals surface area contributed by atoms with Crippen molar-refractivity contribution in [1.29, 1.82) is 0 Å². The van der Waals surface area contributed by atoms with Gasteiger partial charge in [-0.2, -0.15) is 8.78 Å². The first kappa shape index (κ1) is 21.3. The number of ether oxygens (including phenoxy) is 2. The number of nitrogens with zero attached hydrogens (tertiary/aromatic N) is 1. The summed E-state index contributed by atoms with van der Waals surface area (Å²) in [5.41, 5.74) is 1.51. The summed E-state index contributed by atoms with van der Waals surface area (Å²) in [6.07, 6.45) is 0. The molecule has 2 rings (SSSR count). The zero-order valence-corrected chi connectivity index (χ0v) is 15.7. The third-order valence-electron chi connectivity index (χ3n) is 3.71. The van der Waals surface area contributed by atoms with Crippen LogP contribution in [0.3, 0.4) is 0 Å². The molecule has 0 spiro atoms. The number of amides is 1. The second-order valence-electron chi connectivity index (χ2n) is 6.01. The molecule has 150 valence electrons. The van der Waals surface area contributed by atoms with Gasteiger partial charge in [-0.1, -0.05) is 24.3 Å².